The van der Waals surface area contributed by atoms with Gasteiger partial charge >= 0.3 is 6.03 Å². The molecular weight excluding hydrogens is 370 g/mol. The molecule has 1 N–H and O–H groups in total. The zero-order valence-electron chi connectivity index (χ0n) is 16.7. The predicted octanol–water partition coefficient (Wildman–Crippen LogP) is 4.20. The van der Waals surface area contributed by atoms with Crippen LogP contribution < -0.4 is 5.32 Å². The predicted molar refractivity (Wildman–Crippen MR) is 113 cm³/mol. The number of rotatable bonds is 5. The number of fused-ring (bicyclic) bond motifs is 1. The van der Waals surface area contributed by atoms with Crippen LogP contribution in [-0.2, 0) is 26.4 Å². The van der Waals surface area contributed by atoms with Crippen molar-refractivity contribution < 1.29 is 4.79 Å². The monoisotopic (exact) mass is 397 g/mol. The molecule has 7 heteroatoms. The first-order valence-electron chi connectivity index (χ1n) is 10.1. The van der Waals surface area contributed by atoms with Crippen molar-refractivity contribution in [1.82, 2.24) is 25.0 Å². The Morgan fingerprint density at radius 1 is 1.29 bits per heavy atom. The Bertz CT molecular complexity index is 959. The number of hydrogen-bond donors (Lipinski definition) is 1. The molecule has 148 valence electrons. The maximum absolute atomic E-state index is 13.0. The van der Waals surface area contributed by atoms with E-state index in [1.165, 1.54) is 10.4 Å². The molecular formula is C21H27N5OS. The summed E-state index contributed by atoms with van der Waals surface area (Å²) in [7, 11) is 1.98. The van der Waals surface area contributed by atoms with Gasteiger partial charge in [-0.2, -0.15) is 5.10 Å². The number of para-hydroxylation sites is 1. The Morgan fingerprint density at radius 3 is 2.86 bits per heavy atom. The summed E-state index contributed by atoms with van der Waals surface area (Å²) in [6.07, 6.45) is 3.77. The number of carbonyl (C=O) groups is 1. The number of benzene rings is 1. The fourth-order valence-electron chi connectivity index (χ4n) is 4.16. The van der Waals surface area contributed by atoms with E-state index in [0.29, 0.717) is 6.54 Å². The number of likely N-dealkylation sites (tertiary alicyclic amines) is 1. The molecule has 0 spiro atoms. The number of urea groups is 1. The summed E-state index contributed by atoms with van der Waals surface area (Å²) in [4.78, 5) is 19.7. The third kappa shape index (κ3) is 3.39. The molecule has 4 rings (SSSR count). The zero-order valence-corrected chi connectivity index (χ0v) is 17.6. The number of amides is 2. The lowest BCUT2D eigenvalue weighted by Gasteiger charge is -2.23. The fourth-order valence-corrected chi connectivity index (χ4v) is 5.27. The fraction of sp³-hybridized carbons (Fsp3) is 0.476. The number of hydrogen-bond acceptors (Lipinski definition) is 4. The van der Waals surface area contributed by atoms with E-state index in [1.54, 1.807) is 11.3 Å². The van der Waals surface area contributed by atoms with Gasteiger partial charge in [0.05, 0.1) is 22.0 Å². The summed E-state index contributed by atoms with van der Waals surface area (Å²) in [5.41, 5.74) is 4.45. The van der Waals surface area contributed by atoms with Crippen LogP contribution in [0, 0.1) is 0 Å². The molecule has 1 aromatic carbocycles. The van der Waals surface area contributed by atoms with Crippen LogP contribution in [0.4, 0.5) is 4.79 Å². The van der Waals surface area contributed by atoms with Crippen LogP contribution >= 0.6 is 11.3 Å². The molecule has 2 amide bonds. The quantitative estimate of drug-likeness (QED) is 0.702. The molecule has 1 saturated heterocycles. The van der Waals surface area contributed by atoms with E-state index in [9.17, 15) is 4.79 Å². The number of aromatic nitrogens is 3. The Labute approximate surface area is 169 Å². The van der Waals surface area contributed by atoms with E-state index >= 15 is 0 Å². The van der Waals surface area contributed by atoms with Crippen molar-refractivity contribution in [2.24, 2.45) is 7.05 Å². The first-order valence-corrected chi connectivity index (χ1v) is 10.9. The summed E-state index contributed by atoms with van der Waals surface area (Å²) in [5, 5.41) is 8.79. The van der Waals surface area contributed by atoms with Crippen molar-refractivity contribution in [2.75, 3.05) is 6.54 Å². The third-order valence-corrected chi connectivity index (χ3v) is 6.69. The van der Waals surface area contributed by atoms with Crippen molar-refractivity contribution in [2.45, 2.75) is 52.1 Å². The first kappa shape index (κ1) is 18.9. The summed E-state index contributed by atoms with van der Waals surface area (Å²) < 4.78 is 3.13. The smallest absolute Gasteiger partial charge is 0.318 e. The van der Waals surface area contributed by atoms with Gasteiger partial charge in [-0.3, -0.25) is 4.68 Å². The van der Waals surface area contributed by atoms with Crippen molar-refractivity contribution in [3.05, 3.63) is 46.2 Å². The van der Waals surface area contributed by atoms with E-state index in [-0.39, 0.29) is 12.1 Å². The Kier molecular flexibility index (Phi) is 5.35. The molecule has 0 bridgehead atoms. The number of nitrogens with one attached hydrogen (secondary N) is 1. The highest BCUT2D eigenvalue weighted by Gasteiger charge is 2.32. The normalized spacial score (nSPS) is 16.8. The van der Waals surface area contributed by atoms with Crippen molar-refractivity contribution in [1.29, 1.82) is 0 Å². The van der Waals surface area contributed by atoms with Crippen LogP contribution in [0.3, 0.4) is 0 Å². The molecule has 2 aromatic heterocycles. The van der Waals surface area contributed by atoms with Gasteiger partial charge in [-0.25, -0.2) is 9.78 Å². The number of carbonyl (C=O) groups excluding carboxylic acids is 1. The molecule has 0 aliphatic carbocycles. The summed E-state index contributed by atoms with van der Waals surface area (Å²) in [6.45, 7) is 5.55. The van der Waals surface area contributed by atoms with E-state index in [4.69, 9.17) is 4.98 Å². The van der Waals surface area contributed by atoms with Crippen LogP contribution in [-0.4, -0.2) is 32.2 Å². The summed E-state index contributed by atoms with van der Waals surface area (Å²) in [6, 6.07) is 8.24. The third-order valence-electron chi connectivity index (χ3n) is 5.55. The average molecular weight is 398 g/mol. The first-order chi connectivity index (χ1) is 13.6. The lowest BCUT2D eigenvalue weighted by molar-refractivity contribution is 0.192. The molecule has 0 radical (unpaired) electrons. The van der Waals surface area contributed by atoms with Crippen LogP contribution in [0.2, 0.25) is 0 Å². The Balaban J connectivity index is 1.50. The lowest BCUT2D eigenvalue weighted by Crippen LogP contribution is -2.39. The SMILES string of the molecule is CCc1nn(C)c(CC)c1CNC(=O)N1CCCC1c1nc2ccccc2s1. The topological polar surface area (TPSA) is 63.1 Å². The van der Waals surface area contributed by atoms with Gasteiger partial charge in [0, 0.05) is 31.4 Å². The molecule has 1 atom stereocenters. The minimum absolute atomic E-state index is 0.00489. The van der Waals surface area contributed by atoms with Crippen molar-refractivity contribution in [3.8, 4) is 0 Å². The van der Waals surface area contributed by atoms with Gasteiger partial charge in [-0.15, -0.1) is 11.3 Å². The van der Waals surface area contributed by atoms with E-state index < -0.39 is 0 Å². The van der Waals surface area contributed by atoms with Gasteiger partial charge in [-0.1, -0.05) is 26.0 Å². The number of thiazole rings is 1. The maximum atomic E-state index is 13.0. The van der Waals surface area contributed by atoms with Crippen molar-refractivity contribution in [3.63, 3.8) is 0 Å². The number of aryl methyl sites for hydroxylation is 2. The lowest BCUT2D eigenvalue weighted by atomic mass is 10.1. The van der Waals surface area contributed by atoms with Gasteiger partial charge in [0.25, 0.3) is 0 Å². The average Bonchev–Trinajstić information content (AvgIpc) is 3.41. The molecule has 1 aliphatic heterocycles. The largest absolute Gasteiger partial charge is 0.334 e. The highest BCUT2D eigenvalue weighted by molar-refractivity contribution is 7.18. The second kappa shape index (κ2) is 7.91. The van der Waals surface area contributed by atoms with E-state index in [2.05, 4.69) is 30.3 Å². The second-order valence-electron chi connectivity index (χ2n) is 7.23. The summed E-state index contributed by atoms with van der Waals surface area (Å²) in [5.74, 6) is 0. The zero-order chi connectivity index (χ0) is 19.7. The van der Waals surface area contributed by atoms with Crippen molar-refractivity contribution >= 4 is 27.6 Å². The highest BCUT2D eigenvalue weighted by atomic mass is 32.1. The maximum Gasteiger partial charge on any atom is 0.318 e. The van der Waals surface area contributed by atoms with E-state index in [0.717, 1.165) is 54.0 Å². The van der Waals surface area contributed by atoms with Gasteiger partial charge in [-0.05, 0) is 37.8 Å². The molecule has 28 heavy (non-hydrogen) atoms. The molecule has 0 saturated carbocycles. The van der Waals surface area contributed by atoms with Gasteiger partial charge in [0.2, 0.25) is 0 Å². The minimum atomic E-state index is -0.00489. The Hall–Kier alpha value is -2.41. The molecule has 1 unspecified atom stereocenters. The van der Waals surface area contributed by atoms with Crippen LogP contribution in [0.1, 0.15) is 54.7 Å². The second-order valence-corrected chi connectivity index (χ2v) is 8.29. The summed E-state index contributed by atoms with van der Waals surface area (Å²) >= 11 is 1.70. The number of nitrogens with zero attached hydrogens (tertiary/aromatic N) is 4. The molecule has 3 heterocycles. The highest BCUT2D eigenvalue weighted by Crippen LogP contribution is 2.36. The van der Waals surface area contributed by atoms with Crippen LogP contribution in [0.5, 0.6) is 0 Å². The molecule has 3 aromatic rings. The minimum Gasteiger partial charge on any atom is -0.334 e. The van der Waals surface area contributed by atoms with Gasteiger partial charge in [0.15, 0.2) is 0 Å². The standard InChI is InChI=1S/C21H27N5OS/c1-4-15-14(17(5-2)25(3)24-15)13-22-21(27)26-12-8-10-18(26)20-23-16-9-6-7-11-19(16)28-20/h6-7,9,11,18H,4-5,8,10,12-13H2,1-3H3,(H,22,27). The Morgan fingerprint density at radius 2 is 2.11 bits per heavy atom. The van der Waals surface area contributed by atoms with E-state index in [1.807, 2.05) is 34.8 Å². The molecule has 6 nitrogen and oxygen atoms in total. The molecule has 1 aliphatic rings. The molecule has 1 fully saturated rings. The van der Waals surface area contributed by atoms with Crippen LogP contribution in [0.25, 0.3) is 10.2 Å². The van der Waals surface area contributed by atoms with Gasteiger partial charge < -0.3 is 10.2 Å². The van der Waals surface area contributed by atoms with Crippen LogP contribution in [0.15, 0.2) is 24.3 Å². The van der Waals surface area contributed by atoms with Gasteiger partial charge in [0.1, 0.15) is 5.01 Å².